The number of hydrogen-bond donors (Lipinski definition) is 0. The quantitative estimate of drug-likeness (QED) is 0.603. The van der Waals surface area contributed by atoms with E-state index in [0.29, 0.717) is 49.8 Å². The molecule has 0 spiro atoms. The largest absolute Gasteiger partial charge is 0.493 e. The molecule has 0 aromatic heterocycles. The fourth-order valence-electron chi connectivity index (χ4n) is 3.45. The number of carbonyl (C=O) groups excluding carboxylic acids is 2. The summed E-state index contributed by atoms with van der Waals surface area (Å²) in [5.74, 6) is 0.496. The lowest BCUT2D eigenvalue weighted by molar-refractivity contribution is -0.137. The normalized spacial score (nSPS) is 14.8. The zero-order valence-electron chi connectivity index (χ0n) is 17.9. The van der Waals surface area contributed by atoms with Gasteiger partial charge >= 0.3 is 6.18 Å². The average Bonchev–Trinajstić information content (AvgIpc) is 2.77. The highest BCUT2D eigenvalue weighted by Crippen LogP contribution is 2.30. The Kier molecular flexibility index (Phi) is 7.40. The van der Waals surface area contributed by atoms with Crippen LogP contribution in [0.5, 0.6) is 11.5 Å². The van der Waals surface area contributed by atoms with Crippen molar-refractivity contribution >= 4 is 11.7 Å². The van der Waals surface area contributed by atoms with Crippen LogP contribution in [0, 0.1) is 0 Å². The van der Waals surface area contributed by atoms with E-state index in [-0.39, 0.29) is 18.3 Å². The van der Waals surface area contributed by atoms with Gasteiger partial charge in [-0.1, -0.05) is 12.1 Å². The Morgan fingerprint density at radius 2 is 1.62 bits per heavy atom. The first-order chi connectivity index (χ1) is 15.2. The molecule has 0 aliphatic carbocycles. The number of hydrogen-bond acceptors (Lipinski definition) is 5. The highest BCUT2D eigenvalue weighted by molar-refractivity contribution is 5.94. The summed E-state index contributed by atoms with van der Waals surface area (Å²) in [6.45, 7) is 4.06. The van der Waals surface area contributed by atoms with Gasteiger partial charge in [0.1, 0.15) is 0 Å². The zero-order chi connectivity index (χ0) is 23.3. The first-order valence-corrected chi connectivity index (χ1v) is 10.2. The topological polar surface area (TPSA) is 59.1 Å². The van der Waals surface area contributed by atoms with Crippen LogP contribution >= 0.6 is 0 Å². The fraction of sp³-hybridized carbons (Fsp3) is 0.391. The zero-order valence-corrected chi connectivity index (χ0v) is 17.9. The number of benzene rings is 2. The van der Waals surface area contributed by atoms with Gasteiger partial charge in [-0.3, -0.25) is 14.5 Å². The van der Waals surface area contributed by atoms with Gasteiger partial charge in [-0.05, 0) is 42.8 Å². The Labute approximate surface area is 184 Å². The molecule has 0 saturated carbocycles. The Hall–Kier alpha value is -3.07. The average molecular weight is 450 g/mol. The Morgan fingerprint density at radius 3 is 2.19 bits per heavy atom. The van der Waals surface area contributed by atoms with E-state index in [0.717, 1.165) is 17.7 Å². The van der Waals surface area contributed by atoms with Crippen LogP contribution in [0.1, 0.15) is 28.4 Å². The van der Waals surface area contributed by atoms with Gasteiger partial charge in [0.15, 0.2) is 23.9 Å². The van der Waals surface area contributed by atoms with Gasteiger partial charge in [-0.15, -0.1) is 0 Å². The van der Waals surface area contributed by atoms with Crippen molar-refractivity contribution in [3.05, 3.63) is 59.2 Å². The van der Waals surface area contributed by atoms with Gasteiger partial charge in [-0.25, -0.2) is 0 Å². The van der Waals surface area contributed by atoms with Gasteiger partial charge in [-0.2, -0.15) is 13.2 Å². The summed E-state index contributed by atoms with van der Waals surface area (Å²) in [6.07, 6.45) is -4.34. The molecular weight excluding hydrogens is 425 g/mol. The van der Waals surface area contributed by atoms with E-state index in [2.05, 4.69) is 4.90 Å². The molecule has 32 heavy (non-hydrogen) atoms. The summed E-state index contributed by atoms with van der Waals surface area (Å²) in [5, 5.41) is 0. The third kappa shape index (κ3) is 6.00. The third-order valence-electron chi connectivity index (χ3n) is 5.33. The molecule has 0 unspecified atom stereocenters. The Bertz CT molecular complexity index is 953. The second kappa shape index (κ2) is 10.0. The molecule has 2 aromatic rings. The number of nitrogens with zero attached hydrogens (tertiary/aromatic N) is 2. The molecule has 1 heterocycles. The van der Waals surface area contributed by atoms with Gasteiger partial charge in [0.2, 0.25) is 0 Å². The molecule has 6 nitrogen and oxygen atoms in total. The van der Waals surface area contributed by atoms with Crippen LogP contribution < -0.4 is 9.47 Å². The summed E-state index contributed by atoms with van der Waals surface area (Å²) < 4.78 is 48.9. The Balaban J connectivity index is 1.48. The fourth-order valence-corrected chi connectivity index (χ4v) is 3.45. The van der Waals surface area contributed by atoms with Crippen LogP contribution in [0.25, 0.3) is 0 Å². The first kappa shape index (κ1) is 23.6. The lowest BCUT2D eigenvalue weighted by Crippen LogP contribution is -2.49. The van der Waals surface area contributed by atoms with Crippen LogP contribution in [0.15, 0.2) is 42.5 Å². The maximum absolute atomic E-state index is 12.7. The molecule has 0 radical (unpaired) electrons. The van der Waals surface area contributed by atoms with Gasteiger partial charge in [0, 0.05) is 38.3 Å². The monoisotopic (exact) mass is 450 g/mol. The number of piperazine rings is 1. The van der Waals surface area contributed by atoms with E-state index >= 15 is 0 Å². The summed E-state index contributed by atoms with van der Waals surface area (Å²) in [5.41, 5.74) is 0.621. The molecule has 1 aliphatic rings. The van der Waals surface area contributed by atoms with Crippen molar-refractivity contribution in [3.8, 4) is 11.5 Å². The molecule has 172 valence electrons. The second-order valence-electron chi connectivity index (χ2n) is 7.56. The van der Waals surface area contributed by atoms with E-state index in [9.17, 15) is 22.8 Å². The SMILES string of the molecule is COc1cc(C(C)=O)ccc1OCC(=O)N1CCN(Cc2ccc(C(F)(F)F)cc2)CC1. The van der Waals surface area contributed by atoms with Gasteiger partial charge in [0.05, 0.1) is 12.7 Å². The third-order valence-corrected chi connectivity index (χ3v) is 5.33. The number of methoxy groups -OCH3 is 1. The number of carbonyl (C=O) groups is 2. The molecule has 1 amide bonds. The minimum atomic E-state index is -4.34. The number of alkyl halides is 3. The van der Waals surface area contributed by atoms with E-state index in [1.165, 1.54) is 26.2 Å². The minimum Gasteiger partial charge on any atom is -0.493 e. The number of rotatable bonds is 7. The summed E-state index contributed by atoms with van der Waals surface area (Å²) in [6, 6.07) is 9.93. The highest BCUT2D eigenvalue weighted by Gasteiger charge is 2.30. The Morgan fingerprint density at radius 1 is 0.969 bits per heavy atom. The molecule has 1 fully saturated rings. The van der Waals surface area contributed by atoms with Crippen molar-refractivity contribution in [2.24, 2.45) is 0 Å². The van der Waals surface area contributed by atoms with Crippen molar-refractivity contribution in [3.63, 3.8) is 0 Å². The smallest absolute Gasteiger partial charge is 0.416 e. The van der Waals surface area contributed by atoms with Crippen LogP contribution in [-0.2, 0) is 17.5 Å². The maximum Gasteiger partial charge on any atom is 0.416 e. The molecule has 1 aliphatic heterocycles. The maximum atomic E-state index is 12.7. The summed E-state index contributed by atoms with van der Waals surface area (Å²) in [7, 11) is 1.46. The minimum absolute atomic E-state index is 0.0971. The van der Waals surface area contributed by atoms with Crippen molar-refractivity contribution < 1.29 is 32.2 Å². The van der Waals surface area contributed by atoms with E-state index < -0.39 is 11.7 Å². The molecule has 3 rings (SSSR count). The van der Waals surface area contributed by atoms with Crippen molar-refractivity contribution in [2.75, 3.05) is 39.9 Å². The lowest BCUT2D eigenvalue weighted by atomic mass is 10.1. The molecule has 9 heteroatoms. The highest BCUT2D eigenvalue weighted by atomic mass is 19.4. The van der Waals surface area contributed by atoms with Crippen molar-refractivity contribution in [1.82, 2.24) is 9.80 Å². The number of Topliss-reactive ketones (excluding diaryl/α,β-unsaturated/α-hetero) is 1. The number of amides is 1. The van der Waals surface area contributed by atoms with Gasteiger partial charge in [0.25, 0.3) is 5.91 Å². The summed E-state index contributed by atoms with van der Waals surface area (Å²) in [4.78, 5) is 27.8. The van der Waals surface area contributed by atoms with E-state index in [4.69, 9.17) is 9.47 Å². The molecule has 2 aromatic carbocycles. The number of ether oxygens (including phenoxy) is 2. The van der Waals surface area contributed by atoms with E-state index in [1.807, 2.05) is 0 Å². The molecule has 0 N–H and O–H groups in total. The second-order valence-corrected chi connectivity index (χ2v) is 7.56. The summed E-state index contributed by atoms with van der Waals surface area (Å²) >= 11 is 0. The van der Waals surface area contributed by atoms with Crippen LogP contribution in [0.2, 0.25) is 0 Å². The van der Waals surface area contributed by atoms with Gasteiger partial charge < -0.3 is 14.4 Å². The molecule has 0 atom stereocenters. The number of ketones is 1. The predicted molar refractivity (Wildman–Crippen MR) is 112 cm³/mol. The lowest BCUT2D eigenvalue weighted by Gasteiger charge is -2.34. The number of halogens is 3. The van der Waals surface area contributed by atoms with Crippen LogP contribution in [0.3, 0.4) is 0 Å². The van der Waals surface area contributed by atoms with Crippen molar-refractivity contribution in [1.29, 1.82) is 0 Å². The molecular formula is C23H25F3N2O4. The standard InChI is InChI=1S/C23H25F3N2O4/c1-16(29)18-5-8-20(21(13-18)31-2)32-15-22(30)28-11-9-27(10-12-28)14-17-3-6-19(7-4-17)23(24,25)26/h3-8,13H,9-12,14-15H2,1-2H3. The van der Waals surface area contributed by atoms with Crippen LogP contribution in [-0.4, -0.2) is 61.4 Å². The predicted octanol–water partition coefficient (Wildman–Crippen LogP) is 3.64. The van der Waals surface area contributed by atoms with Crippen LogP contribution in [0.4, 0.5) is 13.2 Å². The molecule has 0 bridgehead atoms. The van der Waals surface area contributed by atoms with E-state index in [1.54, 1.807) is 23.1 Å². The van der Waals surface area contributed by atoms with Crippen molar-refractivity contribution in [2.45, 2.75) is 19.6 Å². The molecule has 1 saturated heterocycles. The first-order valence-electron chi connectivity index (χ1n) is 10.2.